The van der Waals surface area contributed by atoms with E-state index in [0.717, 1.165) is 82.8 Å². The van der Waals surface area contributed by atoms with E-state index in [2.05, 4.69) is 166 Å². The van der Waals surface area contributed by atoms with Crippen molar-refractivity contribution in [1.29, 1.82) is 0 Å². The fourth-order valence-electron chi connectivity index (χ4n) is 10.1. The molecule has 0 unspecified atom stereocenters. The summed E-state index contributed by atoms with van der Waals surface area (Å²) < 4.78 is 12.9. The molecule has 0 N–H and O–H groups in total. The third-order valence-corrected chi connectivity index (χ3v) is 13.4. The zero-order valence-electron chi connectivity index (χ0n) is 35.7. The second kappa shape index (κ2) is 14.3. The van der Waals surface area contributed by atoms with Crippen LogP contribution < -0.4 is 0 Å². The summed E-state index contributed by atoms with van der Waals surface area (Å²) in [4.78, 5) is 15.8. The van der Waals surface area contributed by atoms with Gasteiger partial charge in [0.25, 0.3) is 0 Å². The summed E-state index contributed by atoms with van der Waals surface area (Å²) in [5.41, 5.74) is 18.0. The number of aromatic nitrogens is 3. The molecule has 5 nitrogen and oxygen atoms in total. The van der Waals surface area contributed by atoms with Crippen molar-refractivity contribution in [3.8, 4) is 78.7 Å². The third kappa shape index (κ3) is 5.97. The number of benzene rings is 9. The number of hydrogen-bond donors (Lipinski definition) is 0. The predicted octanol–water partition coefficient (Wildman–Crippen LogP) is 16.0. The first kappa shape index (κ1) is 37.2. The quantitative estimate of drug-likeness (QED) is 0.167. The van der Waals surface area contributed by atoms with Gasteiger partial charge < -0.3 is 8.83 Å². The molecular weight excluding hydrogens is 795 g/mol. The SMILES string of the molecule is CC1(C)c2ccccc2-c2cc(-c3cccc(-c4ccc5oc6cccc(-c7nc(-c8ccc(-c9ccccc9)cc8)nc(-c8cccc9oc%10ccccc%10c89)n7)c6c5c4)c3)ccc21. The minimum Gasteiger partial charge on any atom is -0.456 e. The van der Waals surface area contributed by atoms with Gasteiger partial charge in [-0.1, -0.05) is 172 Å². The molecular formula is C60H39N3O2. The molecule has 3 heterocycles. The first-order chi connectivity index (χ1) is 31.9. The summed E-state index contributed by atoms with van der Waals surface area (Å²) in [6.45, 7) is 4.65. The van der Waals surface area contributed by atoms with Crippen LogP contribution in [-0.4, -0.2) is 15.0 Å². The highest BCUT2D eigenvalue weighted by Crippen LogP contribution is 2.50. The Balaban J connectivity index is 0.957. The number of rotatable bonds is 6. The molecule has 0 bridgehead atoms. The average Bonchev–Trinajstić information content (AvgIpc) is 4.01. The van der Waals surface area contributed by atoms with E-state index >= 15 is 0 Å². The summed E-state index contributed by atoms with van der Waals surface area (Å²) in [7, 11) is 0. The Morgan fingerprint density at radius 1 is 0.308 bits per heavy atom. The summed E-state index contributed by atoms with van der Waals surface area (Å²) >= 11 is 0. The smallest absolute Gasteiger partial charge is 0.164 e. The van der Waals surface area contributed by atoms with Crippen LogP contribution in [0.15, 0.2) is 209 Å². The summed E-state index contributed by atoms with van der Waals surface area (Å²) in [5.74, 6) is 1.70. The topological polar surface area (TPSA) is 65.0 Å². The molecule has 3 aromatic heterocycles. The fourth-order valence-corrected chi connectivity index (χ4v) is 10.1. The zero-order valence-corrected chi connectivity index (χ0v) is 35.7. The van der Waals surface area contributed by atoms with Crippen molar-refractivity contribution in [3.05, 3.63) is 211 Å². The molecule has 1 aliphatic rings. The predicted molar refractivity (Wildman–Crippen MR) is 265 cm³/mol. The number of hydrogen-bond acceptors (Lipinski definition) is 5. The van der Waals surface area contributed by atoms with E-state index in [-0.39, 0.29) is 5.41 Å². The molecule has 0 aliphatic heterocycles. The number of furan rings is 2. The molecule has 0 radical (unpaired) electrons. The molecule has 9 aromatic carbocycles. The zero-order chi connectivity index (χ0) is 43.2. The molecule has 0 fully saturated rings. The van der Waals surface area contributed by atoms with Crippen molar-refractivity contribution in [2.24, 2.45) is 0 Å². The Kier molecular flexibility index (Phi) is 8.18. The third-order valence-electron chi connectivity index (χ3n) is 13.4. The van der Waals surface area contributed by atoms with Gasteiger partial charge in [0.15, 0.2) is 17.5 Å². The van der Waals surface area contributed by atoms with Crippen LogP contribution >= 0.6 is 0 Å². The van der Waals surface area contributed by atoms with Gasteiger partial charge in [-0.15, -0.1) is 0 Å². The molecule has 0 amide bonds. The second-order valence-electron chi connectivity index (χ2n) is 17.5. The van der Waals surface area contributed by atoms with E-state index in [1.54, 1.807) is 0 Å². The van der Waals surface area contributed by atoms with Crippen LogP contribution in [0.2, 0.25) is 0 Å². The molecule has 5 heteroatoms. The van der Waals surface area contributed by atoms with Crippen LogP contribution in [-0.2, 0) is 5.41 Å². The lowest BCUT2D eigenvalue weighted by Crippen LogP contribution is -2.14. The Labute approximate surface area is 375 Å². The number of fused-ring (bicyclic) bond motifs is 9. The van der Waals surface area contributed by atoms with Crippen molar-refractivity contribution in [1.82, 2.24) is 15.0 Å². The number of para-hydroxylation sites is 1. The maximum Gasteiger partial charge on any atom is 0.164 e. The molecule has 13 rings (SSSR count). The minimum atomic E-state index is -0.0325. The normalized spacial score (nSPS) is 12.9. The van der Waals surface area contributed by atoms with Crippen molar-refractivity contribution in [2.75, 3.05) is 0 Å². The molecule has 306 valence electrons. The van der Waals surface area contributed by atoms with Gasteiger partial charge in [-0.2, -0.15) is 0 Å². The standard InChI is InChI=1S/C60H39N3O2/c1-60(2)49-21-8-6-17-43(49)47-34-41(29-31-50(47)60)39-15-10-16-40(33-39)42-30-32-52-48(35-42)56-46(20-12-24-54(56)65-52)59-62-57(38-27-25-37(26-28-38)36-13-4-3-5-14-36)61-58(63-59)45-19-11-23-53-55(45)44-18-7-9-22-51(44)64-53/h3-35H,1-2H3. The second-order valence-corrected chi connectivity index (χ2v) is 17.5. The molecule has 1 aliphatic carbocycles. The van der Waals surface area contributed by atoms with E-state index in [1.807, 2.05) is 48.5 Å². The first-order valence-electron chi connectivity index (χ1n) is 22.1. The Bertz CT molecular complexity index is 3860. The molecule has 0 spiro atoms. The first-order valence-corrected chi connectivity index (χ1v) is 22.1. The van der Waals surface area contributed by atoms with Crippen LogP contribution in [0.4, 0.5) is 0 Å². The monoisotopic (exact) mass is 833 g/mol. The maximum absolute atomic E-state index is 6.58. The van der Waals surface area contributed by atoms with Gasteiger partial charge in [-0.05, 0) is 98.1 Å². The van der Waals surface area contributed by atoms with Gasteiger partial charge in [-0.3, -0.25) is 0 Å². The molecule has 0 saturated carbocycles. The van der Waals surface area contributed by atoms with E-state index in [1.165, 1.54) is 33.4 Å². The van der Waals surface area contributed by atoms with E-state index in [9.17, 15) is 0 Å². The molecule has 0 atom stereocenters. The molecule has 65 heavy (non-hydrogen) atoms. The highest BCUT2D eigenvalue weighted by Gasteiger charge is 2.35. The lowest BCUT2D eigenvalue weighted by atomic mass is 9.82. The molecule has 12 aromatic rings. The van der Waals surface area contributed by atoms with Gasteiger partial charge in [0, 0.05) is 43.7 Å². The largest absolute Gasteiger partial charge is 0.456 e. The van der Waals surface area contributed by atoms with Crippen LogP contribution in [0.25, 0.3) is 123 Å². The van der Waals surface area contributed by atoms with Gasteiger partial charge in [0.2, 0.25) is 0 Å². The Hall–Kier alpha value is -8.41. The summed E-state index contributed by atoms with van der Waals surface area (Å²) in [6.07, 6.45) is 0. The average molecular weight is 834 g/mol. The van der Waals surface area contributed by atoms with E-state index < -0.39 is 0 Å². The molecule has 0 saturated heterocycles. The van der Waals surface area contributed by atoms with Gasteiger partial charge in [-0.25, -0.2) is 15.0 Å². The van der Waals surface area contributed by atoms with Crippen LogP contribution in [0.5, 0.6) is 0 Å². The van der Waals surface area contributed by atoms with Gasteiger partial charge >= 0.3 is 0 Å². The van der Waals surface area contributed by atoms with Crippen LogP contribution in [0, 0.1) is 0 Å². The minimum absolute atomic E-state index is 0.0325. The summed E-state index contributed by atoms with van der Waals surface area (Å²) in [6, 6.07) is 70.3. The van der Waals surface area contributed by atoms with Crippen LogP contribution in [0.3, 0.4) is 0 Å². The number of nitrogens with zero attached hydrogens (tertiary/aromatic N) is 3. The highest BCUT2D eigenvalue weighted by molar-refractivity contribution is 6.14. The van der Waals surface area contributed by atoms with Crippen molar-refractivity contribution >= 4 is 43.9 Å². The van der Waals surface area contributed by atoms with E-state index in [4.69, 9.17) is 23.8 Å². The van der Waals surface area contributed by atoms with Crippen LogP contribution in [0.1, 0.15) is 25.0 Å². The van der Waals surface area contributed by atoms with E-state index in [0.29, 0.717) is 17.5 Å². The summed E-state index contributed by atoms with van der Waals surface area (Å²) in [5, 5.41) is 3.93. The maximum atomic E-state index is 6.58. The lowest BCUT2D eigenvalue weighted by Gasteiger charge is -2.21. The Morgan fingerprint density at radius 2 is 0.785 bits per heavy atom. The van der Waals surface area contributed by atoms with Gasteiger partial charge in [0.05, 0.1) is 0 Å². The van der Waals surface area contributed by atoms with Crippen molar-refractivity contribution in [2.45, 2.75) is 19.3 Å². The fraction of sp³-hybridized carbons (Fsp3) is 0.0500. The van der Waals surface area contributed by atoms with Gasteiger partial charge in [0.1, 0.15) is 22.3 Å². The highest BCUT2D eigenvalue weighted by atomic mass is 16.3. The Morgan fingerprint density at radius 3 is 1.54 bits per heavy atom. The van der Waals surface area contributed by atoms with Crippen molar-refractivity contribution in [3.63, 3.8) is 0 Å². The van der Waals surface area contributed by atoms with Crippen molar-refractivity contribution < 1.29 is 8.83 Å². The lowest BCUT2D eigenvalue weighted by molar-refractivity contribution is 0.660.